The lowest BCUT2D eigenvalue weighted by Crippen LogP contribution is -2.12. The second-order valence-corrected chi connectivity index (χ2v) is 6.80. The van der Waals surface area contributed by atoms with Crippen LogP contribution in [-0.2, 0) is 6.54 Å². The van der Waals surface area contributed by atoms with Crippen molar-refractivity contribution < 1.29 is 19.0 Å². The first-order chi connectivity index (χ1) is 15.1. The summed E-state index contributed by atoms with van der Waals surface area (Å²) in [5.74, 6) is 1.84. The fourth-order valence-electron chi connectivity index (χ4n) is 3.26. The number of nitrogens with one attached hydrogen (secondary N) is 1. The summed E-state index contributed by atoms with van der Waals surface area (Å²) in [5, 5.41) is 8.06. The third kappa shape index (κ3) is 4.28. The van der Waals surface area contributed by atoms with E-state index in [1.54, 1.807) is 56.6 Å². The van der Waals surface area contributed by atoms with Crippen LogP contribution >= 0.6 is 0 Å². The molecule has 0 saturated carbocycles. The summed E-state index contributed by atoms with van der Waals surface area (Å²) < 4.78 is 17.7. The molecule has 2 heterocycles. The zero-order chi connectivity index (χ0) is 21.8. The minimum Gasteiger partial charge on any atom is -0.497 e. The third-order valence-corrected chi connectivity index (χ3v) is 4.88. The minimum atomic E-state index is -0.257. The molecule has 0 bridgehead atoms. The maximum Gasteiger partial charge on any atom is 0.257 e. The number of hydrogen-bond acceptors (Lipinski definition) is 6. The van der Waals surface area contributed by atoms with Crippen LogP contribution in [0.3, 0.4) is 0 Å². The van der Waals surface area contributed by atoms with E-state index < -0.39 is 0 Å². The molecular formula is C23H22N4O4. The van der Waals surface area contributed by atoms with Crippen molar-refractivity contribution in [3.63, 3.8) is 0 Å². The molecule has 31 heavy (non-hydrogen) atoms. The maximum absolute atomic E-state index is 12.7. The molecule has 0 aliphatic rings. The van der Waals surface area contributed by atoms with E-state index in [0.29, 0.717) is 34.9 Å². The predicted molar refractivity (Wildman–Crippen MR) is 117 cm³/mol. The van der Waals surface area contributed by atoms with Gasteiger partial charge in [0, 0.05) is 35.0 Å². The van der Waals surface area contributed by atoms with Gasteiger partial charge in [-0.3, -0.25) is 4.79 Å². The van der Waals surface area contributed by atoms with Gasteiger partial charge in [0.15, 0.2) is 5.65 Å². The molecule has 4 rings (SSSR count). The summed E-state index contributed by atoms with van der Waals surface area (Å²) in [5.41, 5.74) is 2.70. The highest BCUT2D eigenvalue weighted by Gasteiger charge is 2.13. The molecule has 0 atom stereocenters. The predicted octanol–water partition coefficient (Wildman–Crippen LogP) is 3.76. The molecule has 4 aromatic rings. The van der Waals surface area contributed by atoms with Crippen molar-refractivity contribution >= 4 is 22.6 Å². The van der Waals surface area contributed by atoms with Crippen molar-refractivity contribution in [2.24, 2.45) is 0 Å². The molecule has 1 amide bonds. The number of ether oxygens (including phenoxy) is 3. The fourth-order valence-corrected chi connectivity index (χ4v) is 3.26. The molecule has 158 valence electrons. The Morgan fingerprint density at radius 3 is 2.55 bits per heavy atom. The number of methoxy groups -OCH3 is 3. The molecular weight excluding hydrogens is 396 g/mol. The van der Waals surface area contributed by atoms with Gasteiger partial charge in [0.1, 0.15) is 17.2 Å². The topological polar surface area (TPSA) is 87.5 Å². The molecule has 8 heteroatoms. The molecule has 1 N–H and O–H groups in total. The Bertz CT molecular complexity index is 1240. The second-order valence-electron chi connectivity index (χ2n) is 6.80. The zero-order valence-corrected chi connectivity index (χ0v) is 17.5. The number of aromatic nitrogens is 3. The number of amides is 1. The average Bonchev–Trinajstić information content (AvgIpc) is 3.21. The fraction of sp³-hybridized carbons (Fsp3) is 0.174. The molecule has 2 aromatic heterocycles. The minimum absolute atomic E-state index is 0.257. The molecule has 0 aliphatic heterocycles. The molecule has 0 unspecified atom stereocenters. The first-order valence-electron chi connectivity index (χ1n) is 9.59. The Balaban J connectivity index is 1.56. The van der Waals surface area contributed by atoms with Crippen LogP contribution in [0, 0.1) is 0 Å². The van der Waals surface area contributed by atoms with Gasteiger partial charge in [0.25, 0.3) is 5.91 Å². The number of benzene rings is 2. The third-order valence-electron chi connectivity index (χ3n) is 4.88. The average molecular weight is 418 g/mol. The van der Waals surface area contributed by atoms with E-state index in [1.807, 2.05) is 30.3 Å². The summed E-state index contributed by atoms with van der Waals surface area (Å²) >= 11 is 0. The van der Waals surface area contributed by atoms with E-state index in [2.05, 4.69) is 15.4 Å². The van der Waals surface area contributed by atoms with Gasteiger partial charge < -0.3 is 19.5 Å². The van der Waals surface area contributed by atoms with E-state index >= 15 is 0 Å². The Kier molecular flexibility index (Phi) is 5.70. The van der Waals surface area contributed by atoms with E-state index in [0.717, 1.165) is 16.7 Å². The van der Waals surface area contributed by atoms with Gasteiger partial charge in [-0.1, -0.05) is 6.07 Å². The first kappa shape index (κ1) is 20.2. The molecule has 2 aromatic carbocycles. The summed E-state index contributed by atoms with van der Waals surface area (Å²) in [6.45, 7) is 0.471. The highest BCUT2D eigenvalue weighted by molar-refractivity contribution is 6.05. The highest BCUT2D eigenvalue weighted by Crippen LogP contribution is 2.26. The van der Waals surface area contributed by atoms with Crippen LogP contribution in [0.1, 0.15) is 15.9 Å². The molecule has 0 radical (unpaired) electrons. The molecule has 0 fully saturated rings. The number of nitrogens with zero attached hydrogens (tertiary/aromatic N) is 3. The molecule has 0 spiro atoms. The van der Waals surface area contributed by atoms with Gasteiger partial charge in [0.2, 0.25) is 0 Å². The van der Waals surface area contributed by atoms with Gasteiger partial charge in [-0.25, -0.2) is 9.67 Å². The Morgan fingerprint density at radius 1 is 0.968 bits per heavy atom. The van der Waals surface area contributed by atoms with Gasteiger partial charge in [-0.15, -0.1) is 0 Å². The second kappa shape index (κ2) is 8.74. The van der Waals surface area contributed by atoms with E-state index in [-0.39, 0.29) is 5.91 Å². The van der Waals surface area contributed by atoms with Crippen molar-refractivity contribution in [3.05, 3.63) is 72.1 Å². The highest BCUT2D eigenvalue weighted by atomic mass is 16.5. The lowest BCUT2D eigenvalue weighted by atomic mass is 10.2. The van der Waals surface area contributed by atoms with Gasteiger partial charge >= 0.3 is 0 Å². The quantitative estimate of drug-likeness (QED) is 0.492. The normalized spacial score (nSPS) is 10.7. The van der Waals surface area contributed by atoms with Crippen molar-refractivity contribution in [1.82, 2.24) is 14.8 Å². The SMILES string of the molecule is COc1cccc(NC(=O)c2cnc3c(cnn3Cc3ccc(OC)cc3OC)c2)c1. The summed E-state index contributed by atoms with van der Waals surface area (Å²) in [7, 11) is 4.81. The van der Waals surface area contributed by atoms with Crippen molar-refractivity contribution in [1.29, 1.82) is 0 Å². The Labute approximate surface area is 179 Å². The number of fused-ring (bicyclic) bond motifs is 1. The molecule has 0 aliphatic carbocycles. The van der Waals surface area contributed by atoms with Gasteiger partial charge in [0.05, 0.1) is 39.6 Å². The number of hydrogen-bond donors (Lipinski definition) is 1. The van der Waals surface area contributed by atoms with Gasteiger partial charge in [-0.05, 0) is 30.3 Å². The summed E-state index contributed by atoms with van der Waals surface area (Å²) in [4.78, 5) is 17.1. The van der Waals surface area contributed by atoms with Crippen molar-refractivity contribution in [2.45, 2.75) is 6.54 Å². The van der Waals surface area contributed by atoms with Crippen LogP contribution in [-0.4, -0.2) is 42.0 Å². The smallest absolute Gasteiger partial charge is 0.257 e. The van der Waals surface area contributed by atoms with Gasteiger partial charge in [-0.2, -0.15) is 5.10 Å². The lowest BCUT2D eigenvalue weighted by molar-refractivity contribution is 0.102. The zero-order valence-electron chi connectivity index (χ0n) is 17.5. The lowest BCUT2D eigenvalue weighted by Gasteiger charge is -2.11. The van der Waals surface area contributed by atoms with E-state index in [4.69, 9.17) is 14.2 Å². The molecule has 8 nitrogen and oxygen atoms in total. The Morgan fingerprint density at radius 2 is 1.77 bits per heavy atom. The number of rotatable bonds is 7. The number of anilines is 1. The molecule has 0 saturated heterocycles. The number of carbonyl (C=O) groups excluding carboxylic acids is 1. The monoisotopic (exact) mass is 418 g/mol. The standard InChI is InChI=1S/C23H22N4O4/c1-29-19-6-4-5-18(10-19)26-23(28)17-9-16-13-25-27(22(16)24-12-17)14-15-7-8-20(30-2)11-21(15)31-3/h4-13H,14H2,1-3H3,(H,26,28). The van der Waals surface area contributed by atoms with Crippen LogP contribution in [0.4, 0.5) is 5.69 Å². The summed E-state index contributed by atoms with van der Waals surface area (Å²) in [6, 6.07) is 14.6. The largest absolute Gasteiger partial charge is 0.497 e. The van der Waals surface area contributed by atoms with E-state index in [9.17, 15) is 4.79 Å². The number of pyridine rings is 1. The van der Waals surface area contributed by atoms with E-state index in [1.165, 1.54) is 0 Å². The van der Waals surface area contributed by atoms with Crippen LogP contribution in [0.2, 0.25) is 0 Å². The van der Waals surface area contributed by atoms with Crippen LogP contribution in [0.15, 0.2) is 60.9 Å². The van der Waals surface area contributed by atoms with Crippen LogP contribution in [0.25, 0.3) is 11.0 Å². The van der Waals surface area contributed by atoms with Crippen LogP contribution in [0.5, 0.6) is 17.2 Å². The van der Waals surface area contributed by atoms with Crippen molar-refractivity contribution in [2.75, 3.05) is 26.6 Å². The number of carbonyl (C=O) groups is 1. The van der Waals surface area contributed by atoms with Crippen molar-refractivity contribution in [3.8, 4) is 17.2 Å². The first-order valence-corrected chi connectivity index (χ1v) is 9.59. The Hall–Kier alpha value is -4.07. The van der Waals surface area contributed by atoms with Crippen LogP contribution < -0.4 is 19.5 Å². The summed E-state index contributed by atoms with van der Waals surface area (Å²) in [6.07, 6.45) is 3.24. The maximum atomic E-state index is 12.7.